The predicted octanol–water partition coefficient (Wildman–Crippen LogP) is -6.49. The standard InChI is InChI=1S/5H2O.2Sb.6H/h5*1H2;;;;;;;;. The van der Waals surface area contributed by atoms with E-state index in [-0.39, 0.29) is 76.2 Å². The van der Waals surface area contributed by atoms with Gasteiger partial charge in [0.1, 0.15) is 0 Å². The van der Waals surface area contributed by atoms with Crippen LogP contribution < -0.4 is 0 Å². The van der Waals surface area contributed by atoms with Gasteiger partial charge in [-0.15, -0.1) is 0 Å². The Labute approximate surface area is 75.9 Å². The van der Waals surface area contributed by atoms with Gasteiger partial charge < -0.3 is 27.4 Å². The van der Waals surface area contributed by atoms with Gasteiger partial charge in [0.15, 0.2) is 0 Å². The van der Waals surface area contributed by atoms with Crippen molar-refractivity contribution < 1.29 is 27.4 Å². The van der Waals surface area contributed by atoms with Crippen LogP contribution in [0.3, 0.4) is 0 Å². The molecular formula is H16O5Sb2. The Morgan fingerprint density at radius 1 is 0.286 bits per heavy atom. The zero-order valence-corrected chi connectivity index (χ0v) is 12.0. The summed E-state index contributed by atoms with van der Waals surface area (Å²) in [6.45, 7) is 0. The first-order valence-electron chi connectivity index (χ1n) is 0. The van der Waals surface area contributed by atoms with Crippen molar-refractivity contribution in [2.75, 3.05) is 0 Å². The summed E-state index contributed by atoms with van der Waals surface area (Å²) in [5, 5.41) is 0. The Morgan fingerprint density at radius 3 is 0.286 bits per heavy atom. The van der Waals surface area contributed by atoms with Crippen molar-refractivity contribution >= 4 is 48.9 Å². The van der Waals surface area contributed by atoms with Crippen LogP contribution in [0.1, 0.15) is 0 Å². The van der Waals surface area contributed by atoms with Gasteiger partial charge in [-0.2, -0.15) is 0 Å². The molecule has 0 aliphatic heterocycles. The molecule has 5 nitrogen and oxygen atoms in total. The van der Waals surface area contributed by atoms with E-state index in [1.807, 2.05) is 0 Å². The van der Waals surface area contributed by atoms with Crippen molar-refractivity contribution in [3.8, 4) is 0 Å². The first-order valence-corrected chi connectivity index (χ1v) is 0. The molecule has 0 saturated heterocycles. The van der Waals surface area contributed by atoms with Crippen LogP contribution in [0.4, 0.5) is 0 Å². The van der Waals surface area contributed by atoms with Gasteiger partial charge >= 0.3 is 48.9 Å². The maximum atomic E-state index is 0. The monoisotopic (exact) mass is 338 g/mol. The third kappa shape index (κ3) is 107. The van der Waals surface area contributed by atoms with Gasteiger partial charge in [0.05, 0.1) is 0 Å². The van der Waals surface area contributed by atoms with Crippen LogP contribution in [-0.2, 0) is 0 Å². The van der Waals surface area contributed by atoms with E-state index in [1.54, 1.807) is 0 Å². The minimum absolute atomic E-state index is 0. The average molecular weight is 340 g/mol. The van der Waals surface area contributed by atoms with Gasteiger partial charge in [-0.05, 0) is 0 Å². The van der Waals surface area contributed by atoms with Crippen LogP contribution in [-0.4, -0.2) is 76.2 Å². The second-order valence-corrected chi connectivity index (χ2v) is 0. The fourth-order valence-electron chi connectivity index (χ4n) is 0. The molecule has 0 heterocycles. The predicted molar refractivity (Wildman–Crippen MR) is 37.9 cm³/mol. The summed E-state index contributed by atoms with van der Waals surface area (Å²) in [7, 11) is 0. The van der Waals surface area contributed by atoms with Crippen LogP contribution in [0, 0.1) is 0 Å². The van der Waals surface area contributed by atoms with E-state index in [4.69, 9.17) is 0 Å². The molecule has 7 heteroatoms. The van der Waals surface area contributed by atoms with Crippen molar-refractivity contribution in [3.05, 3.63) is 0 Å². The quantitative estimate of drug-likeness (QED) is 0.384. The molecule has 0 aliphatic rings. The van der Waals surface area contributed by atoms with Gasteiger partial charge in [-0.3, -0.25) is 0 Å². The molecule has 0 amide bonds. The van der Waals surface area contributed by atoms with Crippen molar-refractivity contribution in [1.29, 1.82) is 0 Å². The maximum absolute atomic E-state index is 0. The Bertz CT molecular complexity index is 6.04. The van der Waals surface area contributed by atoms with Crippen molar-refractivity contribution in [2.24, 2.45) is 0 Å². The third-order valence-corrected chi connectivity index (χ3v) is 0. The van der Waals surface area contributed by atoms with Crippen LogP contribution >= 0.6 is 0 Å². The Morgan fingerprint density at radius 2 is 0.286 bits per heavy atom. The van der Waals surface area contributed by atoms with Gasteiger partial charge in [0, 0.05) is 0 Å². The topological polar surface area (TPSA) is 158 Å². The number of hydrogen-bond donors (Lipinski definition) is 0. The van der Waals surface area contributed by atoms with E-state index in [2.05, 4.69) is 0 Å². The molecule has 0 atom stereocenters. The van der Waals surface area contributed by atoms with Gasteiger partial charge in [-0.1, -0.05) is 0 Å². The normalized spacial score (nSPS) is 0. The van der Waals surface area contributed by atoms with Crippen LogP contribution in [0.2, 0.25) is 0 Å². The molecule has 0 saturated carbocycles. The van der Waals surface area contributed by atoms with Crippen molar-refractivity contribution in [1.82, 2.24) is 0 Å². The minimum atomic E-state index is 0. The molecule has 0 aliphatic carbocycles. The van der Waals surface area contributed by atoms with E-state index in [1.165, 1.54) is 0 Å². The molecule has 0 rings (SSSR count). The first kappa shape index (κ1) is 226. The van der Waals surface area contributed by atoms with E-state index in [9.17, 15) is 0 Å². The molecule has 0 bridgehead atoms. The number of hydrogen-bond acceptors (Lipinski definition) is 0. The fourth-order valence-corrected chi connectivity index (χ4v) is 0. The summed E-state index contributed by atoms with van der Waals surface area (Å²) >= 11 is 0. The summed E-state index contributed by atoms with van der Waals surface area (Å²) in [5.74, 6) is 0. The Balaban J connectivity index is 0. The van der Waals surface area contributed by atoms with Crippen LogP contribution in [0.25, 0.3) is 0 Å². The second-order valence-electron chi connectivity index (χ2n) is 0. The number of rotatable bonds is 0. The second kappa shape index (κ2) is 149. The molecule has 0 radical (unpaired) electrons. The van der Waals surface area contributed by atoms with E-state index >= 15 is 0 Å². The summed E-state index contributed by atoms with van der Waals surface area (Å²) < 4.78 is 0. The molecule has 10 N–H and O–H groups in total. The van der Waals surface area contributed by atoms with E-state index < -0.39 is 0 Å². The molecule has 56 valence electrons. The van der Waals surface area contributed by atoms with Gasteiger partial charge in [0.25, 0.3) is 0 Å². The summed E-state index contributed by atoms with van der Waals surface area (Å²) in [6.07, 6.45) is 0. The SMILES string of the molecule is O.O.O.O.O.[SbH3].[SbH3]. The summed E-state index contributed by atoms with van der Waals surface area (Å²) in [4.78, 5) is 0. The van der Waals surface area contributed by atoms with E-state index in [0.717, 1.165) is 0 Å². The molecule has 7 heavy (non-hydrogen) atoms. The van der Waals surface area contributed by atoms with Gasteiger partial charge in [-0.25, -0.2) is 0 Å². The molecule has 0 unspecified atom stereocenters. The van der Waals surface area contributed by atoms with Crippen molar-refractivity contribution in [2.45, 2.75) is 0 Å². The van der Waals surface area contributed by atoms with Crippen LogP contribution in [0.5, 0.6) is 0 Å². The molecule has 0 aromatic carbocycles. The summed E-state index contributed by atoms with van der Waals surface area (Å²) in [5.41, 5.74) is 0. The Kier molecular flexibility index (Phi) is 4820. The third-order valence-electron chi connectivity index (χ3n) is 0. The van der Waals surface area contributed by atoms with Gasteiger partial charge in [0.2, 0.25) is 0 Å². The fraction of sp³-hybridized carbons (Fsp3) is 0. The zero-order valence-electron chi connectivity index (χ0n) is 3.91. The molecule has 0 aromatic rings. The first-order chi connectivity index (χ1) is 0. The van der Waals surface area contributed by atoms with Crippen molar-refractivity contribution in [3.63, 3.8) is 0 Å². The summed E-state index contributed by atoms with van der Waals surface area (Å²) in [6, 6.07) is 0. The van der Waals surface area contributed by atoms with Crippen LogP contribution in [0.15, 0.2) is 0 Å². The molecule has 0 spiro atoms. The molecule has 0 aromatic heterocycles. The average Bonchev–Trinajstić information content (AvgIpc) is 0. The Hall–Kier alpha value is 1.44. The molecular weight excluding hydrogens is 324 g/mol. The van der Waals surface area contributed by atoms with E-state index in [0.29, 0.717) is 0 Å². The molecule has 0 fully saturated rings. The zero-order chi connectivity index (χ0) is 0.